The van der Waals surface area contributed by atoms with Gasteiger partial charge < -0.3 is 14.8 Å². The minimum atomic E-state index is -0.218. The molecule has 0 spiro atoms. The van der Waals surface area contributed by atoms with Gasteiger partial charge in [-0.3, -0.25) is 14.5 Å². The van der Waals surface area contributed by atoms with Crippen molar-refractivity contribution < 1.29 is 19.1 Å². The van der Waals surface area contributed by atoms with Gasteiger partial charge in [0.15, 0.2) is 11.5 Å². The molecule has 24 heavy (non-hydrogen) atoms. The van der Waals surface area contributed by atoms with E-state index in [-0.39, 0.29) is 23.8 Å². The van der Waals surface area contributed by atoms with Crippen LogP contribution in [0.1, 0.15) is 36.0 Å². The van der Waals surface area contributed by atoms with Crippen LogP contribution < -0.4 is 14.8 Å². The summed E-state index contributed by atoms with van der Waals surface area (Å²) in [7, 11) is 0. The number of piperidine rings is 1. The second kappa shape index (κ2) is 6.43. The Morgan fingerprint density at radius 3 is 2.58 bits per heavy atom. The first kappa shape index (κ1) is 15.4. The first-order valence-electron chi connectivity index (χ1n) is 8.72. The van der Waals surface area contributed by atoms with Crippen molar-refractivity contribution in [2.45, 2.75) is 31.7 Å². The highest BCUT2D eigenvalue weighted by Gasteiger charge is 2.40. The maximum absolute atomic E-state index is 13.0. The van der Waals surface area contributed by atoms with E-state index < -0.39 is 0 Å². The van der Waals surface area contributed by atoms with Crippen molar-refractivity contribution in [1.82, 2.24) is 10.2 Å². The van der Waals surface area contributed by atoms with Crippen LogP contribution in [0.4, 0.5) is 0 Å². The third-order valence-electron chi connectivity index (χ3n) is 4.80. The Bertz CT molecular complexity index is 650. The van der Waals surface area contributed by atoms with Gasteiger partial charge in [-0.05, 0) is 50.4 Å². The van der Waals surface area contributed by atoms with Crippen molar-refractivity contribution in [3.8, 4) is 11.5 Å². The second-order valence-electron chi connectivity index (χ2n) is 6.65. The van der Waals surface area contributed by atoms with E-state index in [0.29, 0.717) is 36.8 Å². The van der Waals surface area contributed by atoms with Gasteiger partial charge in [0, 0.05) is 18.2 Å². The molecule has 6 heteroatoms. The zero-order valence-corrected chi connectivity index (χ0v) is 13.6. The lowest BCUT2D eigenvalue weighted by Gasteiger charge is -2.29. The number of carbonyl (C=O) groups is 2. The lowest BCUT2D eigenvalue weighted by Crippen LogP contribution is -2.46. The Hall–Kier alpha value is -2.08. The molecule has 0 bridgehead atoms. The van der Waals surface area contributed by atoms with Gasteiger partial charge in [-0.25, -0.2) is 0 Å². The summed E-state index contributed by atoms with van der Waals surface area (Å²) in [5.41, 5.74) is 0.489. The van der Waals surface area contributed by atoms with Gasteiger partial charge in [0.25, 0.3) is 5.91 Å². The fourth-order valence-electron chi connectivity index (χ4n) is 3.35. The summed E-state index contributed by atoms with van der Waals surface area (Å²) in [4.78, 5) is 27.4. The zero-order valence-electron chi connectivity index (χ0n) is 13.6. The summed E-state index contributed by atoms with van der Waals surface area (Å²) in [6.45, 7) is 2.60. The lowest BCUT2D eigenvalue weighted by atomic mass is 9.97. The molecule has 2 aliphatic heterocycles. The van der Waals surface area contributed by atoms with Crippen LogP contribution in [-0.4, -0.2) is 49.1 Å². The molecule has 1 saturated heterocycles. The van der Waals surface area contributed by atoms with E-state index in [1.807, 2.05) is 0 Å². The minimum Gasteiger partial charge on any atom is -0.486 e. The van der Waals surface area contributed by atoms with E-state index in [9.17, 15) is 9.59 Å². The molecule has 128 valence electrons. The Morgan fingerprint density at radius 2 is 1.88 bits per heavy atom. The number of ether oxygens (including phenoxy) is 2. The summed E-state index contributed by atoms with van der Waals surface area (Å²) in [6.07, 6.45) is 3.64. The number of amides is 2. The average Bonchev–Trinajstić information content (AvgIpc) is 3.47. The fraction of sp³-hybridized carbons (Fsp3) is 0.556. The number of carbonyl (C=O) groups excluding carboxylic acids is 2. The van der Waals surface area contributed by atoms with Crippen LogP contribution in [0.3, 0.4) is 0 Å². The molecule has 6 nitrogen and oxygen atoms in total. The van der Waals surface area contributed by atoms with Crippen LogP contribution in [-0.2, 0) is 4.79 Å². The number of hydrogen-bond acceptors (Lipinski definition) is 5. The smallest absolute Gasteiger partial charge is 0.260 e. The van der Waals surface area contributed by atoms with Crippen LogP contribution in [0.5, 0.6) is 11.5 Å². The molecular weight excluding hydrogens is 308 g/mol. The normalized spacial score (nSPS) is 22.8. The van der Waals surface area contributed by atoms with Crippen molar-refractivity contribution in [3.05, 3.63) is 23.8 Å². The number of fused-ring (bicyclic) bond motifs is 1. The van der Waals surface area contributed by atoms with E-state index in [2.05, 4.69) is 5.32 Å². The van der Waals surface area contributed by atoms with Gasteiger partial charge in [-0.15, -0.1) is 0 Å². The first-order valence-corrected chi connectivity index (χ1v) is 8.72. The Kier molecular flexibility index (Phi) is 4.14. The fourth-order valence-corrected chi connectivity index (χ4v) is 3.35. The van der Waals surface area contributed by atoms with E-state index in [1.165, 1.54) is 4.90 Å². The molecule has 1 aliphatic carbocycles. The Balaban J connectivity index is 1.57. The molecule has 2 amide bonds. The van der Waals surface area contributed by atoms with Gasteiger partial charge in [0.1, 0.15) is 13.2 Å². The predicted molar refractivity (Wildman–Crippen MR) is 87.2 cm³/mol. The summed E-state index contributed by atoms with van der Waals surface area (Å²) < 4.78 is 11.1. The molecule has 2 fully saturated rings. The van der Waals surface area contributed by atoms with Gasteiger partial charge in [0.2, 0.25) is 5.91 Å². The predicted octanol–water partition coefficient (Wildman–Crippen LogP) is 1.59. The van der Waals surface area contributed by atoms with Crippen molar-refractivity contribution in [2.75, 3.05) is 26.3 Å². The maximum Gasteiger partial charge on any atom is 0.260 e. The van der Waals surface area contributed by atoms with Gasteiger partial charge in [-0.1, -0.05) is 0 Å². The standard InChI is InChI=1S/C18H22N2O4/c21-17(12-3-6-15-16(10-12)24-9-8-23-15)20(14-4-5-14)18(22)13-2-1-7-19-11-13/h3,6,10,13-14,19H,1-2,4-5,7-9,11H2. The maximum atomic E-state index is 13.0. The zero-order chi connectivity index (χ0) is 16.5. The SMILES string of the molecule is O=C(c1ccc2c(c1)OCCO2)N(C(=O)C1CCCNC1)C1CC1. The lowest BCUT2D eigenvalue weighted by molar-refractivity contribution is -0.133. The summed E-state index contributed by atoms with van der Waals surface area (Å²) in [6, 6.07) is 5.22. The van der Waals surface area contributed by atoms with Crippen LogP contribution >= 0.6 is 0 Å². The van der Waals surface area contributed by atoms with Crippen LogP contribution in [0, 0.1) is 5.92 Å². The number of rotatable bonds is 3. The van der Waals surface area contributed by atoms with Crippen LogP contribution in [0.2, 0.25) is 0 Å². The van der Waals surface area contributed by atoms with Crippen LogP contribution in [0.25, 0.3) is 0 Å². The summed E-state index contributed by atoms with van der Waals surface area (Å²) >= 11 is 0. The molecule has 1 N–H and O–H groups in total. The Morgan fingerprint density at radius 1 is 1.08 bits per heavy atom. The molecule has 4 rings (SSSR count). The van der Waals surface area contributed by atoms with Crippen molar-refractivity contribution in [2.24, 2.45) is 5.92 Å². The van der Waals surface area contributed by atoms with Gasteiger partial charge >= 0.3 is 0 Å². The average molecular weight is 330 g/mol. The molecule has 1 saturated carbocycles. The van der Waals surface area contributed by atoms with E-state index in [0.717, 1.165) is 32.2 Å². The number of imide groups is 1. The molecule has 1 aromatic carbocycles. The summed E-state index contributed by atoms with van der Waals surface area (Å²) in [5, 5.41) is 3.25. The van der Waals surface area contributed by atoms with Crippen molar-refractivity contribution >= 4 is 11.8 Å². The molecule has 1 atom stereocenters. The third kappa shape index (κ3) is 2.98. The molecular formula is C18H22N2O4. The molecule has 1 unspecified atom stereocenters. The van der Waals surface area contributed by atoms with Gasteiger partial charge in [-0.2, -0.15) is 0 Å². The van der Waals surface area contributed by atoms with E-state index in [1.54, 1.807) is 18.2 Å². The number of nitrogens with zero attached hydrogens (tertiary/aromatic N) is 1. The number of hydrogen-bond donors (Lipinski definition) is 1. The van der Waals surface area contributed by atoms with Crippen molar-refractivity contribution in [3.63, 3.8) is 0 Å². The van der Waals surface area contributed by atoms with Crippen molar-refractivity contribution in [1.29, 1.82) is 0 Å². The highest BCUT2D eigenvalue weighted by Crippen LogP contribution is 2.34. The minimum absolute atomic E-state index is 0.0374. The molecule has 2 heterocycles. The Labute approximate surface area is 141 Å². The summed E-state index contributed by atoms with van der Waals surface area (Å²) in [5.74, 6) is 0.878. The molecule has 3 aliphatic rings. The number of benzene rings is 1. The topological polar surface area (TPSA) is 67.9 Å². The first-order chi connectivity index (χ1) is 11.7. The second-order valence-corrected chi connectivity index (χ2v) is 6.65. The highest BCUT2D eigenvalue weighted by molar-refractivity contribution is 6.06. The number of nitrogens with one attached hydrogen (secondary N) is 1. The molecule has 0 radical (unpaired) electrons. The quantitative estimate of drug-likeness (QED) is 0.853. The molecule has 1 aromatic rings. The largest absolute Gasteiger partial charge is 0.486 e. The monoisotopic (exact) mass is 330 g/mol. The van der Waals surface area contributed by atoms with Crippen LogP contribution in [0.15, 0.2) is 18.2 Å². The van der Waals surface area contributed by atoms with E-state index in [4.69, 9.17) is 9.47 Å². The highest BCUT2D eigenvalue weighted by atomic mass is 16.6. The molecule has 0 aromatic heterocycles. The van der Waals surface area contributed by atoms with E-state index >= 15 is 0 Å². The third-order valence-corrected chi connectivity index (χ3v) is 4.80. The van der Waals surface area contributed by atoms with Gasteiger partial charge in [0.05, 0.1) is 5.92 Å².